The summed E-state index contributed by atoms with van der Waals surface area (Å²) in [5.41, 5.74) is 1.38. The first-order chi connectivity index (χ1) is 7.63. The lowest BCUT2D eigenvalue weighted by atomic mass is 9.98. The van der Waals surface area contributed by atoms with Crippen LogP contribution in [0.4, 0.5) is 0 Å². The molecule has 0 radical (unpaired) electrons. The van der Waals surface area contributed by atoms with E-state index in [1.807, 2.05) is 12.1 Å². The maximum absolute atomic E-state index is 5.15. The van der Waals surface area contributed by atoms with Gasteiger partial charge < -0.3 is 10.1 Å². The van der Waals surface area contributed by atoms with E-state index in [0.717, 1.165) is 12.3 Å². The summed E-state index contributed by atoms with van der Waals surface area (Å²) in [6, 6.07) is 8.93. The number of nitrogens with one attached hydrogen (secondary N) is 1. The van der Waals surface area contributed by atoms with Gasteiger partial charge in [0.25, 0.3) is 0 Å². The molecule has 1 aromatic rings. The summed E-state index contributed by atoms with van der Waals surface area (Å²) in [7, 11) is 1.70. The quantitative estimate of drug-likeness (QED) is 0.796. The molecule has 1 unspecified atom stereocenters. The number of hydrogen-bond acceptors (Lipinski definition) is 2. The summed E-state index contributed by atoms with van der Waals surface area (Å²) in [6.07, 6.45) is 1.17. The molecular formula is C14H23NO. The molecule has 1 rings (SSSR count). The fourth-order valence-electron chi connectivity index (χ4n) is 1.69. The van der Waals surface area contributed by atoms with E-state index >= 15 is 0 Å². The Morgan fingerprint density at radius 2 is 1.75 bits per heavy atom. The van der Waals surface area contributed by atoms with E-state index in [0.29, 0.717) is 12.0 Å². The lowest BCUT2D eigenvalue weighted by Crippen LogP contribution is -2.24. The van der Waals surface area contributed by atoms with Crippen LogP contribution >= 0.6 is 0 Å². The van der Waals surface area contributed by atoms with Gasteiger partial charge in [-0.2, -0.15) is 0 Å². The van der Waals surface area contributed by atoms with Gasteiger partial charge in [0.05, 0.1) is 7.11 Å². The van der Waals surface area contributed by atoms with Crippen LogP contribution < -0.4 is 10.1 Å². The molecule has 16 heavy (non-hydrogen) atoms. The second-order valence-corrected chi connectivity index (χ2v) is 4.57. The molecule has 0 spiro atoms. The maximum atomic E-state index is 5.15. The van der Waals surface area contributed by atoms with Crippen LogP contribution in [0, 0.1) is 0 Å². The second-order valence-electron chi connectivity index (χ2n) is 4.57. The van der Waals surface area contributed by atoms with Crippen LogP contribution in [0.15, 0.2) is 24.3 Å². The SMILES string of the molecule is COc1ccc(C(C)CCNC(C)C)cc1. The minimum absolute atomic E-state index is 0.572. The molecule has 0 bridgehead atoms. The summed E-state index contributed by atoms with van der Waals surface area (Å²) in [4.78, 5) is 0. The molecule has 1 atom stereocenters. The van der Waals surface area contributed by atoms with Gasteiger partial charge in [0.2, 0.25) is 0 Å². The molecule has 0 aliphatic carbocycles. The van der Waals surface area contributed by atoms with Crippen LogP contribution in [0.1, 0.15) is 38.7 Å². The van der Waals surface area contributed by atoms with E-state index in [1.54, 1.807) is 7.11 Å². The summed E-state index contributed by atoms with van der Waals surface area (Å²) < 4.78 is 5.15. The maximum Gasteiger partial charge on any atom is 0.118 e. The fraction of sp³-hybridized carbons (Fsp3) is 0.571. The third-order valence-corrected chi connectivity index (χ3v) is 2.81. The zero-order valence-electron chi connectivity index (χ0n) is 10.8. The molecule has 0 heterocycles. The molecule has 1 N–H and O–H groups in total. The van der Waals surface area contributed by atoms with Crippen molar-refractivity contribution in [1.29, 1.82) is 0 Å². The van der Waals surface area contributed by atoms with Crippen molar-refractivity contribution in [1.82, 2.24) is 5.32 Å². The lowest BCUT2D eigenvalue weighted by molar-refractivity contribution is 0.414. The standard InChI is InChI=1S/C14H23NO/c1-11(2)15-10-9-12(3)13-5-7-14(16-4)8-6-13/h5-8,11-12,15H,9-10H2,1-4H3. The van der Waals surface area contributed by atoms with Gasteiger partial charge in [-0.1, -0.05) is 32.9 Å². The van der Waals surface area contributed by atoms with E-state index in [2.05, 4.69) is 38.2 Å². The molecule has 0 saturated heterocycles. The zero-order chi connectivity index (χ0) is 12.0. The first-order valence-electron chi connectivity index (χ1n) is 6.00. The van der Waals surface area contributed by atoms with Crippen LogP contribution in [-0.4, -0.2) is 19.7 Å². The lowest BCUT2D eigenvalue weighted by Gasteiger charge is -2.14. The molecule has 0 aliphatic rings. The summed E-state index contributed by atoms with van der Waals surface area (Å²) in [5.74, 6) is 1.52. The van der Waals surface area contributed by atoms with Crippen molar-refractivity contribution in [3.05, 3.63) is 29.8 Å². The smallest absolute Gasteiger partial charge is 0.118 e. The molecule has 0 fully saturated rings. The Labute approximate surface area is 99.0 Å². The third kappa shape index (κ3) is 4.23. The highest BCUT2D eigenvalue weighted by molar-refractivity contribution is 5.29. The Morgan fingerprint density at radius 1 is 1.12 bits per heavy atom. The first-order valence-corrected chi connectivity index (χ1v) is 6.00. The van der Waals surface area contributed by atoms with E-state index in [1.165, 1.54) is 12.0 Å². The Balaban J connectivity index is 2.43. The van der Waals surface area contributed by atoms with Crippen LogP contribution in [0.3, 0.4) is 0 Å². The van der Waals surface area contributed by atoms with Gasteiger partial charge in [-0.25, -0.2) is 0 Å². The highest BCUT2D eigenvalue weighted by Crippen LogP contribution is 2.21. The van der Waals surface area contributed by atoms with E-state index in [4.69, 9.17) is 4.74 Å². The monoisotopic (exact) mass is 221 g/mol. The first kappa shape index (κ1) is 13.0. The average Bonchev–Trinajstić information content (AvgIpc) is 2.28. The van der Waals surface area contributed by atoms with Gasteiger partial charge >= 0.3 is 0 Å². The van der Waals surface area contributed by atoms with Gasteiger partial charge in [-0.05, 0) is 36.6 Å². The van der Waals surface area contributed by atoms with Crippen LogP contribution in [-0.2, 0) is 0 Å². The molecule has 0 saturated carbocycles. The van der Waals surface area contributed by atoms with Crippen molar-refractivity contribution in [2.24, 2.45) is 0 Å². The minimum atomic E-state index is 0.572. The number of hydrogen-bond donors (Lipinski definition) is 1. The summed E-state index contributed by atoms with van der Waals surface area (Å²) >= 11 is 0. The van der Waals surface area contributed by atoms with Crippen molar-refractivity contribution < 1.29 is 4.74 Å². The largest absolute Gasteiger partial charge is 0.497 e. The molecule has 90 valence electrons. The molecular weight excluding hydrogens is 198 g/mol. The minimum Gasteiger partial charge on any atom is -0.497 e. The molecule has 0 aromatic heterocycles. The number of ether oxygens (including phenoxy) is 1. The number of methoxy groups -OCH3 is 1. The van der Waals surface area contributed by atoms with Gasteiger partial charge in [0, 0.05) is 6.04 Å². The molecule has 2 nitrogen and oxygen atoms in total. The average molecular weight is 221 g/mol. The third-order valence-electron chi connectivity index (χ3n) is 2.81. The Bertz CT molecular complexity index is 292. The summed E-state index contributed by atoms with van der Waals surface area (Å²) in [6.45, 7) is 7.70. The summed E-state index contributed by atoms with van der Waals surface area (Å²) in [5, 5.41) is 3.44. The van der Waals surface area contributed by atoms with Crippen molar-refractivity contribution in [3.8, 4) is 5.75 Å². The highest BCUT2D eigenvalue weighted by atomic mass is 16.5. The Kier molecular flexibility index (Phi) is 5.33. The molecule has 2 heteroatoms. The van der Waals surface area contributed by atoms with E-state index in [-0.39, 0.29) is 0 Å². The number of rotatable bonds is 6. The van der Waals surface area contributed by atoms with Crippen LogP contribution in [0.5, 0.6) is 5.75 Å². The van der Waals surface area contributed by atoms with E-state index < -0.39 is 0 Å². The Hall–Kier alpha value is -1.02. The fourth-order valence-corrected chi connectivity index (χ4v) is 1.69. The topological polar surface area (TPSA) is 21.3 Å². The molecule has 1 aromatic carbocycles. The number of benzene rings is 1. The Morgan fingerprint density at radius 3 is 2.25 bits per heavy atom. The molecule has 0 amide bonds. The molecule has 0 aliphatic heterocycles. The van der Waals surface area contributed by atoms with Gasteiger partial charge in [0.1, 0.15) is 5.75 Å². The van der Waals surface area contributed by atoms with Crippen LogP contribution in [0.2, 0.25) is 0 Å². The van der Waals surface area contributed by atoms with Gasteiger partial charge in [-0.3, -0.25) is 0 Å². The predicted octanol–water partition coefficient (Wildman–Crippen LogP) is 3.19. The predicted molar refractivity (Wildman–Crippen MR) is 69.2 cm³/mol. The van der Waals surface area contributed by atoms with Crippen molar-refractivity contribution in [3.63, 3.8) is 0 Å². The zero-order valence-corrected chi connectivity index (χ0v) is 10.8. The van der Waals surface area contributed by atoms with Gasteiger partial charge in [-0.15, -0.1) is 0 Å². The van der Waals surface area contributed by atoms with Crippen molar-refractivity contribution in [2.45, 2.75) is 39.2 Å². The van der Waals surface area contributed by atoms with Crippen molar-refractivity contribution >= 4 is 0 Å². The van der Waals surface area contributed by atoms with Crippen molar-refractivity contribution in [2.75, 3.05) is 13.7 Å². The normalized spacial score (nSPS) is 12.8. The highest BCUT2D eigenvalue weighted by Gasteiger charge is 2.05. The van der Waals surface area contributed by atoms with E-state index in [9.17, 15) is 0 Å². The van der Waals surface area contributed by atoms with Crippen LogP contribution in [0.25, 0.3) is 0 Å². The second kappa shape index (κ2) is 6.54. The van der Waals surface area contributed by atoms with Gasteiger partial charge in [0.15, 0.2) is 0 Å².